The third-order valence-corrected chi connectivity index (χ3v) is 16.1. The first-order valence-corrected chi connectivity index (χ1v) is 16.6. The summed E-state index contributed by atoms with van der Waals surface area (Å²) in [5.41, 5.74) is 8.16. The van der Waals surface area contributed by atoms with Gasteiger partial charge in [-0.25, -0.2) is 0 Å². The first-order valence-electron chi connectivity index (χ1n) is 12.2. The summed E-state index contributed by atoms with van der Waals surface area (Å²) in [5, 5.41) is 0. The Labute approximate surface area is 205 Å². The average molecular weight is 520 g/mol. The van der Waals surface area contributed by atoms with Gasteiger partial charge in [-0.05, 0) is 0 Å². The van der Waals surface area contributed by atoms with Crippen LogP contribution in [0.2, 0.25) is 0 Å². The molecule has 2 aliphatic rings. The molecule has 0 aromatic heterocycles. The van der Waals surface area contributed by atoms with Crippen LogP contribution in [0.3, 0.4) is 0 Å². The van der Waals surface area contributed by atoms with E-state index in [-0.39, 0.29) is 0 Å². The first-order chi connectivity index (χ1) is 15.9. The van der Waals surface area contributed by atoms with E-state index in [0.717, 1.165) is 37.2 Å². The molecule has 2 aliphatic carbocycles. The van der Waals surface area contributed by atoms with Gasteiger partial charge in [-0.3, -0.25) is 0 Å². The van der Waals surface area contributed by atoms with Crippen LogP contribution in [-0.2, 0) is 34.0 Å². The standard InChI is InChI=1S/2C8H10O.2C7H9.Zr/c2*1-2-7-3-5-8(9)6-4-7;2*1-6-4-3-5-7(6)2;/h2*3-6,9H,2H2,1H3;2*3H,4H2,1-2H3;/q;;;;+2/p-2. The quantitative estimate of drug-likeness (QED) is 0.348. The second-order valence-electron chi connectivity index (χ2n) is 9.27. The van der Waals surface area contributed by atoms with Crippen molar-refractivity contribution in [3.05, 3.63) is 101 Å². The molecule has 172 valence electrons. The van der Waals surface area contributed by atoms with Gasteiger partial charge in [-0.15, -0.1) is 0 Å². The van der Waals surface area contributed by atoms with Gasteiger partial charge in [-0.1, -0.05) is 0 Å². The molecule has 2 aromatic carbocycles. The number of benzene rings is 2. The summed E-state index contributed by atoms with van der Waals surface area (Å²) in [6, 6.07) is 17.2. The van der Waals surface area contributed by atoms with E-state index < -0.39 is 21.1 Å². The topological polar surface area (TPSA) is 18.5 Å². The van der Waals surface area contributed by atoms with Crippen molar-refractivity contribution in [3.63, 3.8) is 0 Å². The number of hydrogen-bond acceptors (Lipinski definition) is 2. The van der Waals surface area contributed by atoms with Crippen LogP contribution in [0, 0.1) is 0 Å². The Morgan fingerprint density at radius 3 is 1.24 bits per heavy atom. The molecule has 2 aromatic rings. The second kappa shape index (κ2) is 10.0. The second-order valence-corrected chi connectivity index (χ2v) is 16.0. The van der Waals surface area contributed by atoms with Crippen LogP contribution in [0.15, 0.2) is 89.5 Å². The molecule has 0 saturated heterocycles. The van der Waals surface area contributed by atoms with Gasteiger partial charge in [-0.2, -0.15) is 0 Å². The van der Waals surface area contributed by atoms with Gasteiger partial charge in [0, 0.05) is 0 Å². The third kappa shape index (κ3) is 4.76. The Kier molecular flexibility index (Phi) is 7.29. The fourth-order valence-corrected chi connectivity index (χ4v) is 14.1. The molecule has 0 aliphatic heterocycles. The Bertz CT molecular complexity index is 1050. The van der Waals surface area contributed by atoms with E-state index in [1.165, 1.54) is 40.0 Å². The number of allylic oxidation sites excluding steroid dienone is 8. The summed E-state index contributed by atoms with van der Waals surface area (Å²) in [6.07, 6.45) is 8.75. The zero-order valence-corrected chi connectivity index (χ0v) is 23.4. The van der Waals surface area contributed by atoms with Crippen LogP contribution >= 0.6 is 0 Å². The van der Waals surface area contributed by atoms with Crippen molar-refractivity contribution in [1.82, 2.24) is 0 Å². The molecule has 0 bridgehead atoms. The molecule has 0 amide bonds. The predicted octanol–water partition coefficient (Wildman–Crippen LogP) is 8.50. The van der Waals surface area contributed by atoms with E-state index in [0.29, 0.717) is 0 Å². The molecule has 0 N–H and O–H groups in total. The number of aryl methyl sites for hydroxylation is 2. The van der Waals surface area contributed by atoms with Crippen LogP contribution < -0.4 is 5.63 Å². The summed E-state index contributed by atoms with van der Waals surface area (Å²) in [7, 11) is 0. The van der Waals surface area contributed by atoms with E-state index in [9.17, 15) is 0 Å². The molecule has 0 radical (unpaired) electrons. The average Bonchev–Trinajstić information content (AvgIpc) is 3.35. The molecule has 0 saturated carbocycles. The molecular weight excluding hydrogens is 484 g/mol. The zero-order chi connectivity index (χ0) is 23.6. The van der Waals surface area contributed by atoms with E-state index in [2.05, 4.69) is 102 Å². The van der Waals surface area contributed by atoms with Crippen LogP contribution in [0.25, 0.3) is 0 Å². The molecular formula is C30H36O2Zr. The van der Waals surface area contributed by atoms with Gasteiger partial charge in [0.15, 0.2) is 0 Å². The van der Waals surface area contributed by atoms with Crippen molar-refractivity contribution in [2.75, 3.05) is 0 Å². The van der Waals surface area contributed by atoms with E-state index in [1.54, 1.807) is 0 Å². The Balaban J connectivity index is 1.88. The van der Waals surface area contributed by atoms with Crippen molar-refractivity contribution < 1.29 is 26.8 Å². The van der Waals surface area contributed by atoms with Crippen molar-refractivity contribution in [2.45, 2.75) is 67.2 Å². The van der Waals surface area contributed by atoms with E-state index in [4.69, 9.17) is 5.63 Å². The fraction of sp³-hybridized carbons (Fsp3) is 0.333. The fourth-order valence-electron chi connectivity index (χ4n) is 4.65. The van der Waals surface area contributed by atoms with Gasteiger partial charge in [0.05, 0.1) is 0 Å². The summed E-state index contributed by atoms with van der Waals surface area (Å²) < 4.78 is 16.9. The molecule has 0 atom stereocenters. The van der Waals surface area contributed by atoms with E-state index in [1.807, 2.05) is 0 Å². The SMILES string of the molecule is CCc1ccc([O][Zr]([O]c2ccc(CC)cc2)([C]2=CCC(C)=C2C)[C]2=CCC(C)=C2C)cc1. The molecule has 0 unspecified atom stereocenters. The van der Waals surface area contributed by atoms with Crippen molar-refractivity contribution in [1.29, 1.82) is 0 Å². The van der Waals surface area contributed by atoms with Gasteiger partial charge < -0.3 is 0 Å². The normalized spacial score (nSPS) is 16.3. The van der Waals surface area contributed by atoms with Crippen molar-refractivity contribution in [2.24, 2.45) is 0 Å². The molecule has 2 nitrogen and oxygen atoms in total. The minimum atomic E-state index is -4.11. The Morgan fingerprint density at radius 2 is 0.970 bits per heavy atom. The molecule has 4 rings (SSSR count). The van der Waals surface area contributed by atoms with Crippen molar-refractivity contribution >= 4 is 0 Å². The minimum absolute atomic E-state index is 0.907. The molecule has 0 fully saturated rings. The molecule has 0 spiro atoms. The van der Waals surface area contributed by atoms with Crippen LogP contribution in [0.4, 0.5) is 0 Å². The van der Waals surface area contributed by atoms with Gasteiger partial charge in [0.1, 0.15) is 0 Å². The number of hydrogen-bond donors (Lipinski definition) is 0. The first kappa shape index (κ1) is 24.0. The number of rotatable bonds is 8. The molecule has 3 heteroatoms. The van der Waals surface area contributed by atoms with Gasteiger partial charge in [0.2, 0.25) is 0 Å². The summed E-state index contributed by atoms with van der Waals surface area (Å²) in [4.78, 5) is 0. The van der Waals surface area contributed by atoms with Gasteiger partial charge in [0.25, 0.3) is 0 Å². The maximum atomic E-state index is 7.15. The van der Waals surface area contributed by atoms with E-state index >= 15 is 0 Å². The zero-order valence-electron chi connectivity index (χ0n) is 20.9. The summed E-state index contributed by atoms with van der Waals surface area (Å²) >= 11 is -4.11. The third-order valence-electron chi connectivity index (χ3n) is 7.21. The summed E-state index contributed by atoms with van der Waals surface area (Å²) in [5.74, 6) is 1.81. The maximum absolute atomic E-state index is 7.15. The molecule has 0 heterocycles. The Hall–Kier alpha value is -2.12. The van der Waals surface area contributed by atoms with Crippen LogP contribution in [-0.4, -0.2) is 0 Å². The van der Waals surface area contributed by atoms with Crippen LogP contribution in [0.5, 0.6) is 11.5 Å². The van der Waals surface area contributed by atoms with Gasteiger partial charge >= 0.3 is 206 Å². The van der Waals surface area contributed by atoms with Crippen LogP contribution in [0.1, 0.15) is 65.5 Å². The monoisotopic (exact) mass is 518 g/mol. The van der Waals surface area contributed by atoms with Crippen molar-refractivity contribution in [3.8, 4) is 11.5 Å². The Morgan fingerprint density at radius 1 is 0.606 bits per heavy atom. The summed E-state index contributed by atoms with van der Waals surface area (Å²) in [6.45, 7) is 13.3. The molecule has 33 heavy (non-hydrogen) atoms. The predicted molar refractivity (Wildman–Crippen MR) is 135 cm³/mol.